The van der Waals surface area contributed by atoms with Gasteiger partial charge in [-0.25, -0.2) is 13.1 Å². The largest absolute Gasteiger partial charge is 0.214 e. The first-order valence-corrected chi connectivity index (χ1v) is 9.21. The lowest BCUT2D eigenvalue weighted by atomic mass is 10.0. The summed E-state index contributed by atoms with van der Waals surface area (Å²) < 4.78 is 26.8. The third-order valence-corrected chi connectivity index (χ3v) is 6.09. The Morgan fingerprint density at radius 1 is 1.32 bits per heavy atom. The molecule has 1 aromatic rings. The van der Waals surface area contributed by atoms with E-state index in [1.807, 2.05) is 37.3 Å². The zero-order chi connectivity index (χ0) is 13.9. The molecule has 1 saturated carbocycles. The van der Waals surface area contributed by atoms with E-state index in [4.69, 9.17) is 0 Å². The molecule has 1 N–H and O–H groups in total. The van der Waals surface area contributed by atoms with Gasteiger partial charge in [0.25, 0.3) is 0 Å². The molecule has 2 rings (SSSR count). The van der Waals surface area contributed by atoms with Crippen LogP contribution in [0.1, 0.15) is 31.2 Å². The van der Waals surface area contributed by atoms with Crippen LogP contribution in [-0.2, 0) is 10.0 Å². The molecule has 106 valence electrons. The van der Waals surface area contributed by atoms with E-state index in [0.717, 1.165) is 5.56 Å². The van der Waals surface area contributed by atoms with Crippen LogP contribution in [0.15, 0.2) is 30.3 Å². The quantitative estimate of drug-likeness (QED) is 0.772. The van der Waals surface area contributed by atoms with Crippen molar-refractivity contribution in [1.29, 1.82) is 0 Å². The Hall–Kier alpha value is -0.390. The fourth-order valence-corrected chi connectivity index (χ4v) is 4.40. The first kappa shape index (κ1) is 15.0. The summed E-state index contributed by atoms with van der Waals surface area (Å²) in [7, 11) is -3.21. The van der Waals surface area contributed by atoms with Gasteiger partial charge >= 0.3 is 0 Å². The molecular formula is C14H20BrNO2S. The molecule has 5 heteroatoms. The Bertz CT molecular complexity index is 499. The Morgan fingerprint density at radius 3 is 2.53 bits per heavy atom. The van der Waals surface area contributed by atoms with E-state index in [1.54, 1.807) is 0 Å². The number of nitrogens with one attached hydrogen (secondary N) is 1. The van der Waals surface area contributed by atoms with Crippen molar-refractivity contribution in [3.8, 4) is 0 Å². The fourth-order valence-electron chi connectivity index (χ4n) is 2.10. The molecule has 0 aliphatic heterocycles. The second-order valence-electron chi connectivity index (χ2n) is 5.30. The number of hydrogen-bond donors (Lipinski definition) is 1. The number of rotatable bonds is 7. The third-order valence-electron chi connectivity index (χ3n) is 3.47. The number of halogens is 1. The van der Waals surface area contributed by atoms with Crippen LogP contribution < -0.4 is 4.72 Å². The fraction of sp³-hybridized carbons (Fsp3) is 0.571. The lowest BCUT2D eigenvalue weighted by Gasteiger charge is -2.15. The van der Waals surface area contributed by atoms with Gasteiger partial charge in [0.15, 0.2) is 0 Å². The molecule has 0 saturated heterocycles. The van der Waals surface area contributed by atoms with Crippen molar-refractivity contribution < 1.29 is 8.42 Å². The number of alkyl halides is 1. The molecule has 0 spiro atoms. The highest BCUT2D eigenvalue weighted by atomic mass is 79.9. The van der Waals surface area contributed by atoms with Gasteiger partial charge in [0.1, 0.15) is 0 Å². The van der Waals surface area contributed by atoms with E-state index in [-0.39, 0.29) is 16.5 Å². The minimum atomic E-state index is -3.21. The molecular weight excluding hydrogens is 326 g/mol. The Balaban J connectivity index is 1.86. The number of hydrogen-bond acceptors (Lipinski definition) is 2. The summed E-state index contributed by atoms with van der Waals surface area (Å²) in [4.78, 5) is 0.273. The second-order valence-corrected chi connectivity index (χ2v) is 8.32. The number of sulfonamides is 1. The summed E-state index contributed by atoms with van der Waals surface area (Å²) in [5, 5.41) is 0. The van der Waals surface area contributed by atoms with Gasteiger partial charge in [-0.15, -0.1) is 0 Å². The van der Waals surface area contributed by atoms with E-state index >= 15 is 0 Å². The molecule has 0 radical (unpaired) electrons. The molecule has 1 aliphatic carbocycles. The molecule has 0 heterocycles. The maximum Gasteiger partial charge on any atom is 0.212 e. The van der Waals surface area contributed by atoms with Crippen molar-refractivity contribution in [3.05, 3.63) is 35.9 Å². The van der Waals surface area contributed by atoms with Crippen molar-refractivity contribution in [3.63, 3.8) is 0 Å². The van der Waals surface area contributed by atoms with Crippen LogP contribution >= 0.6 is 15.9 Å². The zero-order valence-corrected chi connectivity index (χ0v) is 13.5. The van der Waals surface area contributed by atoms with Gasteiger partial charge in [0.05, 0.1) is 5.75 Å². The van der Waals surface area contributed by atoms with Gasteiger partial charge in [0.2, 0.25) is 10.0 Å². The molecule has 0 aromatic heterocycles. The smallest absolute Gasteiger partial charge is 0.212 e. The first-order chi connectivity index (χ1) is 8.98. The third kappa shape index (κ3) is 4.89. The summed E-state index contributed by atoms with van der Waals surface area (Å²) in [6.45, 7) is 2.44. The molecule has 1 aromatic carbocycles. The average Bonchev–Trinajstić information content (AvgIpc) is 3.21. The first-order valence-electron chi connectivity index (χ1n) is 6.64. The Kier molecular flexibility index (Phi) is 5.03. The Morgan fingerprint density at radius 2 is 1.95 bits per heavy atom. The van der Waals surface area contributed by atoms with Gasteiger partial charge < -0.3 is 0 Å². The summed E-state index contributed by atoms with van der Waals surface area (Å²) in [6.07, 6.45) is 2.41. The standard InChI is InChI=1S/C14H20BrNO2S/c1-11(12-5-3-2-4-6-12)10-19(17,18)16-9-14(15)13-7-8-13/h2-6,11,13-14,16H,7-10H2,1H3. The maximum absolute atomic E-state index is 12.0. The molecule has 1 aliphatic rings. The summed E-state index contributed by atoms with van der Waals surface area (Å²) in [5.41, 5.74) is 1.06. The molecule has 0 amide bonds. The van der Waals surface area contributed by atoms with Gasteiger partial charge in [-0.3, -0.25) is 0 Å². The summed E-state index contributed by atoms with van der Waals surface area (Å²) in [6, 6.07) is 9.75. The molecule has 3 nitrogen and oxygen atoms in total. The number of benzene rings is 1. The molecule has 1 fully saturated rings. The lowest BCUT2D eigenvalue weighted by molar-refractivity contribution is 0.572. The van der Waals surface area contributed by atoms with Crippen molar-refractivity contribution in [2.75, 3.05) is 12.3 Å². The van der Waals surface area contributed by atoms with E-state index in [9.17, 15) is 8.42 Å². The molecule has 2 unspecified atom stereocenters. The monoisotopic (exact) mass is 345 g/mol. The van der Waals surface area contributed by atoms with Crippen LogP contribution in [0.25, 0.3) is 0 Å². The van der Waals surface area contributed by atoms with Crippen LogP contribution in [0, 0.1) is 5.92 Å². The van der Waals surface area contributed by atoms with Gasteiger partial charge in [-0.1, -0.05) is 53.2 Å². The summed E-state index contributed by atoms with van der Waals surface area (Å²) in [5.74, 6) is 0.796. The minimum absolute atomic E-state index is 0.00778. The maximum atomic E-state index is 12.0. The minimum Gasteiger partial charge on any atom is -0.214 e. The van der Waals surface area contributed by atoms with Crippen LogP contribution in [0.5, 0.6) is 0 Å². The SMILES string of the molecule is CC(CS(=O)(=O)NCC(Br)C1CC1)c1ccccc1. The molecule has 0 bridgehead atoms. The van der Waals surface area contributed by atoms with E-state index < -0.39 is 10.0 Å². The van der Waals surface area contributed by atoms with Crippen molar-refractivity contribution >= 4 is 26.0 Å². The highest BCUT2D eigenvalue weighted by Gasteiger charge is 2.30. The highest BCUT2D eigenvalue weighted by molar-refractivity contribution is 9.09. The van der Waals surface area contributed by atoms with E-state index in [0.29, 0.717) is 12.5 Å². The summed E-state index contributed by atoms with van der Waals surface area (Å²) >= 11 is 3.54. The lowest BCUT2D eigenvalue weighted by Crippen LogP contribution is -2.33. The van der Waals surface area contributed by atoms with Gasteiger partial charge in [-0.2, -0.15) is 0 Å². The van der Waals surface area contributed by atoms with Crippen LogP contribution in [-0.4, -0.2) is 25.5 Å². The van der Waals surface area contributed by atoms with E-state index in [1.165, 1.54) is 12.8 Å². The zero-order valence-electron chi connectivity index (χ0n) is 11.0. The van der Waals surface area contributed by atoms with Crippen molar-refractivity contribution in [1.82, 2.24) is 4.72 Å². The second kappa shape index (κ2) is 6.37. The molecule has 2 atom stereocenters. The van der Waals surface area contributed by atoms with Gasteiger partial charge in [-0.05, 0) is 30.2 Å². The normalized spacial score (nSPS) is 19.1. The highest BCUT2D eigenvalue weighted by Crippen LogP contribution is 2.36. The van der Waals surface area contributed by atoms with Crippen LogP contribution in [0.2, 0.25) is 0 Å². The van der Waals surface area contributed by atoms with E-state index in [2.05, 4.69) is 20.7 Å². The van der Waals surface area contributed by atoms with Crippen LogP contribution in [0.4, 0.5) is 0 Å². The Labute approximate surface area is 124 Å². The van der Waals surface area contributed by atoms with Crippen LogP contribution in [0.3, 0.4) is 0 Å². The molecule has 19 heavy (non-hydrogen) atoms. The van der Waals surface area contributed by atoms with Crippen molar-refractivity contribution in [2.24, 2.45) is 5.92 Å². The van der Waals surface area contributed by atoms with Gasteiger partial charge in [0, 0.05) is 11.4 Å². The topological polar surface area (TPSA) is 46.2 Å². The average molecular weight is 346 g/mol. The predicted molar refractivity (Wildman–Crippen MR) is 82.1 cm³/mol. The predicted octanol–water partition coefficient (Wildman–Crippen LogP) is 2.88. The van der Waals surface area contributed by atoms with Crippen molar-refractivity contribution in [2.45, 2.75) is 30.5 Å².